The van der Waals surface area contributed by atoms with Gasteiger partial charge in [-0.25, -0.2) is 0 Å². The molecule has 4 nitrogen and oxygen atoms in total. The largest absolute Gasteiger partial charge is 0.353 e. The fourth-order valence-electron chi connectivity index (χ4n) is 2.97. The summed E-state index contributed by atoms with van der Waals surface area (Å²) in [5.74, 6) is 0.176. The zero-order valence-electron chi connectivity index (χ0n) is 13.6. The first-order valence-electron chi connectivity index (χ1n) is 8.40. The smallest absolute Gasteiger partial charge is 0.234 e. The van der Waals surface area contributed by atoms with Crippen molar-refractivity contribution in [3.8, 4) is 0 Å². The van der Waals surface area contributed by atoms with E-state index in [4.69, 9.17) is 0 Å². The van der Waals surface area contributed by atoms with Crippen molar-refractivity contribution < 1.29 is 4.79 Å². The quantitative estimate of drug-likeness (QED) is 0.681. The molecule has 20 heavy (non-hydrogen) atoms. The molecule has 2 unspecified atom stereocenters. The predicted molar refractivity (Wildman–Crippen MR) is 84.9 cm³/mol. The third-order valence-electron chi connectivity index (χ3n) is 3.93. The number of piperidine rings is 1. The van der Waals surface area contributed by atoms with E-state index in [2.05, 4.69) is 36.3 Å². The zero-order chi connectivity index (χ0) is 14.8. The maximum atomic E-state index is 12.1. The average Bonchev–Trinajstić information content (AvgIpc) is 2.40. The van der Waals surface area contributed by atoms with Crippen molar-refractivity contribution in [1.82, 2.24) is 15.5 Å². The predicted octanol–water partition coefficient (Wildman–Crippen LogP) is 2.15. The van der Waals surface area contributed by atoms with Crippen LogP contribution in [0.25, 0.3) is 0 Å². The molecule has 1 saturated heterocycles. The first kappa shape index (κ1) is 17.4. The van der Waals surface area contributed by atoms with Crippen LogP contribution in [0.15, 0.2) is 0 Å². The number of amides is 1. The van der Waals surface area contributed by atoms with E-state index < -0.39 is 0 Å². The van der Waals surface area contributed by atoms with E-state index in [1.54, 1.807) is 0 Å². The van der Waals surface area contributed by atoms with Crippen LogP contribution in [0.2, 0.25) is 0 Å². The van der Waals surface area contributed by atoms with Crippen LogP contribution in [-0.2, 0) is 4.79 Å². The molecular weight excluding hydrogens is 250 g/mol. The Balaban J connectivity index is 2.34. The Labute approximate surface area is 124 Å². The van der Waals surface area contributed by atoms with E-state index in [-0.39, 0.29) is 5.91 Å². The zero-order valence-corrected chi connectivity index (χ0v) is 13.6. The van der Waals surface area contributed by atoms with Crippen LogP contribution in [0.3, 0.4) is 0 Å². The van der Waals surface area contributed by atoms with E-state index in [1.807, 2.05) is 0 Å². The maximum Gasteiger partial charge on any atom is 0.234 e. The Morgan fingerprint density at radius 3 is 2.75 bits per heavy atom. The van der Waals surface area contributed by atoms with Gasteiger partial charge in [-0.1, -0.05) is 26.7 Å². The third-order valence-corrected chi connectivity index (χ3v) is 3.93. The molecule has 1 aliphatic heterocycles. The van der Waals surface area contributed by atoms with Gasteiger partial charge < -0.3 is 10.6 Å². The van der Waals surface area contributed by atoms with E-state index in [9.17, 15) is 4.79 Å². The minimum absolute atomic E-state index is 0.176. The summed E-state index contributed by atoms with van der Waals surface area (Å²) in [4.78, 5) is 14.4. The number of nitrogens with one attached hydrogen (secondary N) is 2. The summed E-state index contributed by atoms with van der Waals surface area (Å²) in [6.45, 7) is 10.1. The lowest BCUT2D eigenvalue weighted by Crippen LogP contribution is -2.47. The first-order valence-corrected chi connectivity index (χ1v) is 8.40. The minimum atomic E-state index is 0.176. The van der Waals surface area contributed by atoms with Gasteiger partial charge in [0.2, 0.25) is 5.91 Å². The monoisotopic (exact) mass is 283 g/mol. The lowest BCUT2D eigenvalue weighted by molar-refractivity contribution is -0.123. The van der Waals surface area contributed by atoms with Gasteiger partial charge in [0.15, 0.2) is 0 Å². The van der Waals surface area contributed by atoms with E-state index in [0.29, 0.717) is 18.6 Å². The van der Waals surface area contributed by atoms with Gasteiger partial charge in [-0.3, -0.25) is 9.69 Å². The van der Waals surface area contributed by atoms with Crippen molar-refractivity contribution in [3.05, 3.63) is 0 Å². The van der Waals surface area contributed by atoms with Crippen molar-refractivity contribution in [2.24, 2.45) is 0 Å². The molecule has 1 aliphatic rings. The number of carbonyl (C=O) groups excluding carboxylic acids is 1. The second kappa shape index (κ2) is 10.2. The molecule has 1 rings (SSSR count). The van der Waals surface area contributed by atoms with Crippen LogP contribution in [0, 0.1) is 0 Å². The van der Waals surface area contributed by atoms with Gasteiger partial charge in [0.05, 0.1) is 6.54 Å². The molecule has 4 heteroatoms. The van der Waals surface area contributed by atoms with Gasteiger partial charge in [-0.2, -0.15) is 0 Å². The van der Waals surface area contributed by atoms with Crippen LogP contribution >= 0.6 is 0 Å². The molecule has 0 saturated carbocycles. The number of carbonyl (C=O) groups is 1. The minimum Gasteiger partial charge on any atom is -0.353 e. The van der Waals surface area contributed by atoms with E-state index in [0.717, 1.165) is 38.9 Å². The SMILES string of the molecule is CCCC(C)NC(=O)CN(CCC)CC1CCCCN1. The van der Waals surface area contributed by atoms with Gasteiger partial charge in [-0.05, 0) is 45.7 Å². The van der Waals surface area contributed by atoms with Crippen LogP contribution in [0.4, 0.5) is 0 Å². The number of rotatable bonds is 9. The van der Waals surface area contributed by atoms with Crippen molar-refractivity contribution in [2.45, 2.75) is 71.4 Å². The van der Waals surface area contributed by atoms with Crippen LogP contribution in [-0.4, -0.2) is 49.1 Å². The Morgan fingerprint density at radius 1 is 1.35 bits per heavy atom. The van der Waals surface area contributed by atoms with Crippen molar-refractivity contribution in [1.29, 1.82) is 0 Å². The van der Waals surface area contributed by atoms with Gasteiger partial charge >= 0.3 is 0 Å². The average molecular weight is 283 g/mol. The summed E-state index contributed by atoms with van der Waals surface area (Å²) in [6, 6.07) is 0.861. The Kier molecular flexibility index (Phi) is 8.86. The van der Waals surface area contributed by atoms with Crippen molar-refractivity contribution in [3.63, 3.8) is 0 Å². The highest BCUT2D eigenvalue weighted by molar-refractivity contribution is 5.78. The fourth-order valence-corrected chi connectivity index (χ4v) is 2.97. The van der Waals surface area contributed by atoms with E-state index in [1.165, 1.54) is 19.3 Å². The normalized spacial score (nSPS) is 20.9. The Morgan fingerprint density at radius 2 is 2.15 bits per heavy atom. The number of hydrogen-bond acceptors (Lipinski definition) is 3. The topological polar surface area (TPSA) is 44.4 Å². The molecular formula is C16H33N3O. The van der Waals surface area contributed by atoms with Crippen LogP contribution in [0.1, 0.15) is 59.3 Å². The molecule has 1 heterocycles. The molecule has 0 bridgehead atoms. The van der Waals surface area contributed by atoms with Gasteiger partial charge in [0.1, 0.15) is 0 Å². The van der Waals surface area contributed by atoms with Gasteiger partial charge in [0, 0.05) is 18.6 Å². The second-order valence-electron chi connectivity index (χ2n) is 6.14. The maximum absolute atomic E-state index is 12.1. The lowest BCUT2D eigenvalue weighted by Gasteiger charge is -2.30. The highest BCUT2D eigenvalue weighted by Crippen LogP contribution is 2.09. The molecule has 0 spiro atoms. The molecule has 0 aliphatic carbocycles. The third kappa shape index (κ3) is 7.25. The lowest BCUT2D eigenvalue weighted by atomic mass is 10.0. The second-order valence-corrected chi connectivity index (χ2v) is 6.14. The van der Waals surface area contributed by atoms with Crippen LogP contribution in [0.5, 0.6) is 0 Å². The van der Waals surface area contributed by atoms with Crippen LogP contribution < -0.4 is 10.6 Å². The molecule has 2 N–H and O–H groups in total. The fraction of sp³-hybridized carbons (Fsp3) is 0.938. The van der Waals surface area contributed by atoms with E-state index >= 15 is 0 Å². The molecule has 0 aromatic rings. The summed E-state index contributed by atoms with van der Waals surface area (Å²) < 4.78 is 0. The Hall–Kier alpha value is -0.610. The molecule has 118 valence electrons. The highest BCUT2D eigenvalue weighted by atomic mass is 16.2. The molecule has 0 radical (unpaired) electrons. The Bertz CT molecular complexity index is 264. The molecule has 2 atom stereocenters. The first-order chi connectivity index (χ1) is 9.65. The highest BCUT2D eigenvalue weighted by Gasteiger charge is 2.18. The van der Waals surface area contributed by atoms with Gasteiger partial charge in [0.25, 0.3) is 0 Å². The number of nitrogens with zero attached hydrogens (tertiary/aromatic N) is 1. The van der Waals surface area contributed by atoms with Crippen molar-refractivity contribution >= 4 is 5.91 Å². The van der Waals surface area contributed by atoms with Gasteiger partial charge in [-0.15, -0.1) is 0 Å². The summed E-state index contributed by atoms with van der Waals surface area (Å²) in [7, 11) is 0. The summed E-state index contributed by atoms with van der Waals surface area (Å²) >= 11 is 0. The number of hydrogen-bond donors (Lipinski definition) is 2. The standard InChI is InChI=1S/C16H33N3O/c1-4-8-14(3)18-16(20)13-19(11-5-2)12-15-9-6-7-10-17-15/h14-15,17H,4-13H2,1-3H3,(H,18,20). The summed E-state index contributed by atoms with van der Waals surface area (Å²) in [5.41, 5.74) is 0. The molecule has 0 aromatic carbocycles. The molecule has 1 amide bonds. The summed E-state index contributed by atoms with van der Waals surface area (Å²) in [6.07, 6.45) is 7.13. The summed E-state index contributed by atoms with van der Waals surface area (Å²) in [5, 5.41) is 6.67. The molecule has 1 fully saturated rings. The van der Waals surface area contributed by atoms with Crippen molar-refractivity contribution in [2.75, 3.05) is 26.2 Å². The molecule has 0 aromatic heterocycles.